The summed E-state index contributed by atoms with van der Waals surface area (Å²) in [5.41, 5.74) is 0.423. The van der Waals surface area contributed by atoms with Crippen molar-refractivity contribution in [2.24, 2.45) is 0 Å². The summed E-state index contributed by atoms with van der Waals surface area (Å²) in [6.07, 6.45) is 6.15. The number of carbonyl (C=O) groups is 3. The fourth-order valence-corrected chi connectivity index (χ4v) is 3.82. The molecular weight excluding hydrogens is 454 g/mol. The van der Waals surface area contributed by atoms with Gasteiger partial charge in [-0.25, -0.2) is 0 Å². The van der Waals surface area contributed by atoms with Gasteiger partial charge >= 0.3 is 5.97 Å². The van der Waals surface area contributed by atoms with Crippen LogP contribution in [0.2, 0.25) is 0 Å². The molecular formula is C25H37N3O5S. The molecule has 1 aromatic carbocycles. The summed E-state index contributed by atoms with van der Waals surface area (Å²) in [6, 6.07) is 6.03. The highest BCUT2D eigenvalue weighted by Crippen LogP contribution is 2.15. The maximum Gasteiger partial charge on any atom is 0.308 e. The van der Waals surface area contributed by atoms with Crippen molar-refractivity contribution in [1.82, 2.24) is 15.5 Å². The summed E-state index contributed by atoms with van der Waals surface area (Å²) in [5.74, 6) is -0.471. The summed E-state index contributed by atoms with van der Waals surface area (Å²) < 4.78 is 11.0. The molecule has 9 heteroatoms. The molecule has 0 aliphatic carbocycles. The van der Waals surface area contributed by atoms with Crippen LogP contribution in [0.4, 0.5) is 0 Å². The van der Waals surface area contributed by atoms with Gasteiger partial charge in [-0.3, -0.25) is 19.7 Å². The third-order valence-electron chi connectivity index (χ3n) is 5.71. The van der Waals surface area contributed by atoms with Crippen LogP contribution < -0.4 is 15.4 Å². The highest BCUT2D eigenvalue weighted by atomic mass is 32.1. The van der Waals surface area contributed by atoms with Crippen LogP contribution in [0.1, 0.15) is 76.1 Å². The third kappa shape index (κ3) is 8.93. The zero-order valence-electron chi connectivity index (χ0n) is 20.4. The second kappa shape index (κ2) is 14.6. The largest absolute Gasteiger partial charge is 0.494 e. The number of nitrogens with zero attached hydrogens (tertiary/aromatic N) is 1. The van der Waals surface area contributed by atoms with Crippen LogP contribution in [0.5, 0.6) is 5.75 Å². The Labute approximate surface area is 207 Å². The Morgan fingerprint density at radius 1 is 1.18 bits per heavy atom. The predicted octanol–water partition coefficient (Wildman–Crippen LogP) is 3.58. The number of unbranched alkanes of at least 4 members (excludes halogenated alkanes) is 4. The van der Waals surface area contributed by atoms with Gasteiger partial charge in [-0.05, 0) is 56.2 Å². The van der Waals surface area contributed by atoms with E-state index in [1.807, 2.05) is 6.92 Å². The summed E-state index contributed by atoms with van der Waals surface area (Å²) in [6.45, 7) is 7.30. The summed E-state index contributed by atoms with van der Waals surface area (Å²) in [5, 5.41) is 5.52. The Kier molecular flexibility index (Phi) is 11.8. The van der Waals surface area contributed by atoms with Crippen molar-refractivity contribution in [1.29, 1.82) is 0 Å². The molecule has 1 heterocycles. The fourth-order valence-electron chi connectivity index (χ4n) is 3.51. The van der Waals surface area contributed by atoms with Crippen LogP contribution >= 0.6 is 12.2 Å². The van der Waals surface area contributed by atoms with Gasteiger partial charge in [-0.15, -0.1) is 0 Å². The summed E-state index contributed by atoms with van der Waals surface area (Å²) in [7, 11) is 0. The number of benzene rings is 1. The van der Waals surface area contributed by atoms with E-state index in [-0.39, 0.29) is 29.5 Å². The van der Waals surface area contributed by atoms with Gasteiger partial charge in [0.15, 0.2) is 5.11 Å². The predicted molar refractivity (Wildman–Crippen MR) is 135 cm³/mol. The molecule has 2 rings (SSSR count). The quantitative estimate of drug-likeness (QED) is 0.262. The average Bonchev–Trinajstić information content (AvgIpc) is 2.82. The lowest BCUT2D eigenvalue weighted by atomic mass is 10.1. The van der Waals surface area contributed by atoms with Crippen LogP contribution in [0, 0.1) is 0 Å². The number of nitrogens with one attached hydrogen (secondary N) is 2. The molecule has 0 bridgehead atoms. The summed E-state index contributed by atoms with van der Waals surface area (Å²) >= 11 is 5.41. The number of amides is 2. The molecule has 1 aliphatic rings. The van der Waals surface area contributed by atoms with Crippen LogP contribution in [0.15, 0.2) is 24.3 Å². The van der Waals surface area contributed by atoms with E-state index >= 15 is 0 Å². The molecule has 0 saturated carbocycles. The third-order valence-corrected chi connectivity index (χ3v) is 6.05. The standard InChI is InChI=1S/C25H37N3O5S/c1-4-6-7-8-9-16-32-20-12-10-19(11-13-20)23(30)27-25(34)28-15-14-26-24(31)21(28)17-22(29)33-18(3)5-2/h10-13,18,21H,4-9,14-17H2,1-3H3,(H,26,31)(H,27,30,34). The van der Waals surface area contributed by atoms with E-state index in [0.717, 1.165) is 12.8 Å². The van der Waals surface area contributed by atoms with Gasteiger partial charge in [0.1, 0.15) is 11.8 Å². The van der Waals surface area contributed by atoms with Gasteiger partial charge < -0.3 is 19.7 Å². The normalized spacial score (nSPS) is 16.4. The molecule has 2 N–H and O–H groups in total. The van der Waals surface area contributed by atoms with Crippen LogP contribution in [-0.2, 0) is 14.3 Å². The first-order chi connectivity index (χ1) is 16.3. The van der Waals surface area contributed by atoms with E-state index in [9.17, 15) is 14.4 Å². The zero-order valence-corrected chi connectivity index (χ0v) is 21.2. The van der Waals surface area contributed by atoms with E-state index in [1.54, 1.807) is 36.1 Å². The second-order valence-corrected chi connectivity index (χ2v) is 8.85. The summed E-state index contributed by atoms with van der Waals surface area (Å²) in [4.78, 5) is 38.9. The van der Waals surface area contributed by atoms with Crippen molar-refractivity contribution >= 4 is 35.1 Å². The number of piperazine rings is 1. The van der Waals surface area contributed by atoms with Gasteiger partial charge in [0, 0.05) is 18.7 Å². The van der Waals surface area contributed by atoms with Gasteiger partial charge in [0.2, 0.25) is 5.91 Å². The monoisotopic (exact) mass is 491 g/mol. The lowest BCUT2D eigenvalue weighted by molar-refractivity contribution is -0.151. The minimum atomic E-state index is -0.828. The first kappa shape index (κ1) is 27.6. The highest BCUT2D eigenvalue weighted by Gasteiger charge is 2.34. The molecule has 188 valence electrons. The molecule has 2 unspecified atom stereocenters. The smallest absolute Gasteiger partial charge is 0.308 e. The molecule has 1 fully saturated rings. The number of thiocarbonyl (C=S) groups is 1. The van der Waals surface area contributed by atoms with Crippen LogP contribution in [-0.4, -0.2) is 59.6 Å². The van der Waals surface area contributed by atoms with Crippen LogP contribution in [0.25, 0.3) is 0 Å². The molecule has 34 heavy (non-hydrogen) atoms. The first-order valence-electron chi connectivity index (χ1n) is 12.2. The Morgan fingerprint density at radius 2 is 1.88 bits per heavy atom. The van der Waals surface area contributed by atoms with Gasteiger partial charge in [0.05, 0.1) is 19.1 Å². The number of ether oxygens (including phenoxy) is 2. The van der Waals surface area contributed by atoms with Crippen molar-refractivity contribution in [3.05, 3.63) is 29.8 Å². The van der Waals surface area contributed by atoms with E-state index in [1.165, 1.54) is 19.3 Å². The number of hydrogen-bond acceptors (Lipinski definition) is 6. The molecule has 2 atom stereocenters. The molecule has 2 amide bonds. The minimum absolute atomic E-state index is 0.105. The minimum Gasteiger partial charge on any atom is -0.494 e. The topological polar surface area (TPSA) is 97.0 Å². The van der Waals surface area contributed by atoms with Crippen molar-refractivity contribution < 1.29 is 23.9 Å². The zero-order chi connectivity index (χ0) is 24.9. The van der Waals surface area contributed by atoms with E-state index < -0.39 is 12.0 Å². The molecule has 8 nitrogen and oxygen atoms in total. The van der Waals surface area contributed by atoms with Crippen LogP contribution in [0.3, 0.4) is 0 Å². The number of hydrogen-bond donors (Lipinski definition) is 2. The van der Waals surface area contributed by atoms with Gasteiger partial charge in [-0.1, -0.05) is 39.5 Å². The Balaban J connectivity index is 1.89. The first-order valence-corrected chi connectivity index (χ1v) is 12.6. The Morgan fingerprint density at radius 3 is 2.56 bits per heavy atom. The Bertz CT molecular complexity index is 830. The maximum absolute atomic E-state index is 12.7. The van der Waals surface area contributed by atoms with E-state index in [0.29, 0.717) is 37.4 Å². The average molecular weight is 492 g/mol. The van der Waals surface area contributed by atoms with Crippen molar-refractivity contribution in [2.45, 2.75) is 77.9 Å². The number of carbonyl (C=O) groups excluding carboxylic acids is 3. The lowest BCUT2D eigenvalue weighted by Gasteiger charge is -2.36. The molecule has 1 aromatic rings. The van der Waals surface area contributed by atoms with Gasteiger partial charge in [0.25, 0.3) is 5.91 Å². The molecule has 1 aliphatic heterocycles. The lowest BCUT2D eigenvalue weighted by Crippen LogP contribution is -2.60. The molecule has 0 aromatic heterocycles. The maximum atomic E-state index is 12.7. The fraction of sp³-hybridized carbons (Fsp3) is 0.600. The van der Waals surface area contributed by atoms with Crippen molar-refractivity contribution in [2.75, 3.05) is 19.7 Å². The van der Waals surface area contributed by atoms with Crippen molar-refractivity contribution in [3.63, 3.8) is 0 Å². The molecule has 1 saturated heterocycles. The number of esters is 1. The second-order valence-electron chi connectivity index (χ2n) is 8.46. The molecule has 0 spiro atoms. The SMILES string of the molecule is CCCCCCCOc1ccc(C(=O)NC(=S)N2CCNC(=O)C2CC(=O)OC(C)CC)cc1. The Hall–Kier alpha value is -2.68. The molecule has 0 radical (unpaired) electrons. The van der Waals surface area contributed by atoms with E-state index in [4.69, 9.17) is 21.7 Å². The number of rotatable bonds is 12. The van der Waals surface area contributed by atoms with Gasteiger partial charge in [-0.2, -0.15) is 0 Å². The van der Waals surface area contributed by atoms with E-state index in [2.05, 4.69) is 17.6 Å². The highest BCUT2D eigenvalue weighted by molar-refractivity contribution is 7.80. The van der Waals surface area contributed by atoms with Crippen molar-refractivity contribution in [3.8, 4) is 5.75 Å².